The van der Waals surface area contributed by atoms with Crippen molar-refractivity contribution in [2.75, 3.05) is 19.3 Å². The van der Waals surface area contributed by atoms with Crippen LogP contribution in [-0.2, 0) is 7.05 Å². The number of amides is 1. The van der Waals surface area contributed by atoms with Crippen LogP contribution in [0.15, 0.2) is 0 Å². The average molecular weight is 294 g/mol. The van der Waals surface area contributed by atoms with Crippen LogP contribution in [0.2, 0.25) is 0 Å². The summed E-state index contributed by atoms with van der Waals surface area (Å²) in [6.07, 6.45) is 0.994. The molecule has 0 aliphatic carbocycles. The van der Waals surface area contributed by atoms with Gasteiger partial charge in [-0.1, -0.05) is 13.8 Å². The van der Waals surface area contributed by atoms with E-state index < -0.39 is 0 Å². The standard InChI is InChI=1S/C14H22N4OS/c1-8(2)6-7-17(4)13(19)12-11(15)10-9(3)16-18(5)14(10)20-12/h8H,6-7,15H2,1-5H3. The van der Waals surface area contributed by atoms with Crippen molar-refractivity contribution in [2.45, 2.75) is 27.2 Å². The van der Waals surface area contributed by atoms with E-state index in [0.29, 0.717) is 16.5 Å². The molecule has 20 heavy (non-hydrogen) atoms. The van der Waals surface area contributed by atoms with Gasteiger partial charge in [-0.3, -0.25) is 9.48 Å². The molecule has 0 aromatic carbocycles. The maximum atomic E-state index is 12.5. The summed E-state index contributed by atoms with van der Waals surface area (Å²) in [5.74, 6) is 0.584. The topological polar surface area (TPSA) is 64.2 Å². The second kappa shape index (κ2) is 5.44. The van der Waals surface area contributed by atoms with Crippen LogP contribution in [0.1, 0.15) is 35.6 Å². The van der Waals surface area contributed by atoms with Gasteiger partial charge in [0.05, 0.1) is 16.8 Å². The molecule has 2 heterocycles. The first-order chi connectivity index (χ1) is 9.32. The van der Waals surface area contributed by atoms with Crippen molar-refractivity contribution < 1.29 is 4.79 Å². The summed E-state index contributed by atoms with van der Waals surface area (Å²) >= 11 is 1.43. The first kappa shape index (κ1) is 14.8. The molecule has 0 bridgehead atoms. The van der Waals surface area contributed by atoms with Gasteiger partial charge < -0.3 is 10.6 Å². The average Bonchev–Trinajstić information content (AvgIpc) is 2.85. The van der Waals surface area contributed by atoms with Gasteiger partial charge in [0, 0.05) is 20.6 Å². The third kappa shape index (κ3) is 2.52. The monoisotopic (exact) mass is 294 g/mol. The predicted molar refractivity (Wildman–Crippen MR) is 84.2 cm³/mol. The summed E-state index contributed by atoms with van der Waals surface area (Å²) < 4.78 is 1.79. The van der Waals surface area contributed by atoms with Gasteiger partial charge in [-0.25, -0.2) is 0 Å². The third-order valence-corrected chi connectivity index (χ3v) is 4.73. The van der Waals surface area contributed by atoms with Gasteiger partial charge in [-0.05, 0) is 19.3 Å². The molecule has 0 saturated carbocycles. The van der Waals surface area contributed by atoms with Crippen molar-refractivity contribution in [3.05, 3.63) is 10.6 Å². The lowest BCUT2D eigenvalue weighted by molar-refractivity contribution is 0.0795. The molecule has 6 heteroatoms. The number of aromatic nitrogens is 2. The molecule has 0 unspecified atom stereocenters. The number of anilines is 1. The largest absolute Gasteiger partial charge is 0.397 e. The summed E-state index contributed by atoms with van der Waals surface area (Å²) in [6.45, 7) is 6.98. The molecule has 110 valence electrons. The Labute approximate surface area is 123 Å². The number of fused-ring (bicyclic) bond motifs is 1. The summed E-state index contributed by atoms with van der Waals surface area (Å²) in [5, 5.41) is 5.25. The number of nitrogens with two attached hydrogens (primary N) is 1. The number of hydrogen-bond acceptors (Lipinski definition) is 4. The van der Waals surface area contributed by atoms with Gasteiger partial charge in [0.15, 0.2) is 0 Å². The number of nitrogen functional groups attached to an aromatic ring is 1. The molecule has 0 aliphatic heterocycles. The lowest BCUT2D eigenvalue weighted by Crippen LogP contribution is -2.28. The van der Waals surface area contributed by atoms with Crippen LogP contribution in [0, 0.1) is 12.8 Å². The number of carbonyl (C=O) groups is 1. The molecule has 0 spiro atoms. The molecule has 5 nitrogen and oxygen atoms in total. The molecule has 0 atom stereocenters. The highest BCUT2D eigenvalue weighted by Crippen LogP contribution is 2.36. The van der Waals surface area contributed by atoms with E-state index in [1.807, 2.05) is 21.0 Å². The van der Waals surface area contributed by atoms with Gasteiger partial charge in [0.25, 0.3) is 5.91 Å². The molecular weight excluding hydrogens is 272 g/mol. The normalized spacial score (nSPS) is 11.5. The van der Waals surface area contributed by atoms with Crippen LogP contribution < -0.4 is 5.73 Å². The second-order valence-corrected chi connectivity index (χ2v) is 6.64. The molecule has 0 fully saturated rings. The summed E-state index contributed by atoms with van der Waals surface area (Å²) in [4.78, 5) is 15.8. The third-order valence-electron chi connectivity index (χ3n) is 3.47. The minimum Gasteiger partial charge on any atom is -0.397 e. The van der Waals surface area contributed by atoms with Crippen LogP contribution in [0.4, 0.5) is 5.69 Å². The van der Waals surface area contributed by atoms with Gasteiger partial charge in [-0.2, -0.15) is 5.10 Å². The zero-order valence-electron chi connectivity index (χ0n) is 12.7. The lowest BCUT2D eigenvalue weighted by Gasteiger charge is -2.17. The highest BCUT2D eigenvalue weighted by atomic mass is 32.1. The van der Waals surface area contributed by atoms with Gasteiger partial charge in [0.2, 0.25) is 0 Å². The number of aryl methyl sites for hydroxylation is 2. The maximum Gasteiger partial charge on any atom is 0.265 e. The van der Waals surface area contributed by atoms with E-state index in [9.17, 15) is 4.79 Å². The smallest absolute Gasteiger partial charge is 0.265 e. The second-order valence-electron chi connectivity index (χ2n) is 5.64. The zero-order valence-corrected chi connectivity index (χ0v) is 13.5. The van der Waals surface area contributed by atoms with Crippen LogP contribution >= 0.6 is 11.3 Å². The Morgan fingerprint density at radius 1 is 1.50 bits per heavy atom. The fourth-order valence-electron chi connectivity index (χ4n) is 2.21. The Kier molecular flexibility index (Phi) is 4.04. The minimum atomic E-state index is 0.00347. The van der Waals surface area contributed by atoms with Crippen LogP contribution in [0.3, 0.4) is 0 Å². The van der Waals surface area contributed by atoms with E-state index in [2.05, 4.69) is 18.9 Å². The van der Waals surface area contributed by atoms with E-state index >= 15 is 0 Å². The fourth-order valence-corrected chi connectivity index (χ4v) is 3.40. The van der Waals surface area contributed by atoms with E-state index in [1.165, 1.54) is 11.3 Å². The quantitative estimate of drug-likeness (QED) is 0.943. The fraction of sp³-hybridized carbons (Fsp3) is 0.571. The summed E-state index contributed by atoms with van der Waals surface area (Å²) in [5.41, 5.74) is 7.60. The van der Waals surface area contributed by atoms with Gasteiger partial charge >= 0.3 is 0 Å². The van der Waals surface area contributed by atoms with Gasteiger partial charge in [0.1, 0.15) is 9.71 Å². The zero-order chi connectivity index (χ0) is 15.0. The van der Waals surface area contributed by atoms with Crippen molar-refractivity contribution >= 4 is 33.1 Å². The molecule has 0 radical (unpaired) electrons. The Bertz CT molecular complexity index is 641. The Balaban J connectivity index is 2.31. The van der Waals surface area contributed by atoms with Crippen LogP contribution in [0.25, 0.3) is 10.2 Å². The first-order valence-corrected chi connectivity index (χ1v) is 7.61. The van der Waals surface area contributed by atoms with Crippen LogP contribution in [0.5, 0.6) is 0 Å². The van der Waals surface area contributed by atoms with Crippen molar-refractivity contribution in [3.8, 4) is 0 Å². The molecule has 2 aromatic heterocycles. The van der Waals surface area contributed by atoms with E-state index in [0.717, 1.165) is 28.9 Å². The number of hydrogen-bond donors (Lipinski definition) is 1. The summed E-state index contributed by atoms with van der Waals surface area (Å²) in [6, 6.07) is 0. The van der Waals surface area contributed by atoms with E-state index in [-0.39, 0.29) is 5.91 Å². The number of rotatable bonds is 4. The van der Waals surface area contributed by atoms with E-state index in [1.54, 1.807) is 9.58 Å². The number of thiophene rings is 1. The first-order valence-electron chi connectivity index (χ1n) is 6.80. The molecule has 2 N–H and O–H groups in total. The van der Waals surface area contributed by atoms with Crippen molar-refractivity contribution in [2.24, 2.45) is 13.0 Å². The molecular formula is C14H22N4OS. The molecule has 0 aliphatic rings. The Morgan fingerprint density at radius 2 is 2.15 bits per heavy atom. The maximum absolute atomic E-state index is 12.5. The molecule has 2 rings (SSSR count). The summed E-state index contributed by atoms with van der Waals surface area (Å²) in [7, 11) is 3.71. The Hall–Kier alpha value is -1.56. The van der Waals surface area contributed by atoms with Crippen molar-refractivity contribution in [3.63, 3.8) is 0 Å². The number of carbonyl (C=O) groups excluding carboxylic acids is 1. The van der Waals surface area contributed by atoms with Crippen molar-refractivity contribution in [1.82, 2.24) is 14.7 Å². The molecule has 2 aromatic rings. The minimum absolute atomic E-state index is 0.00347. The molecule has 0 saturated heterocycles. The van der Waals surface area contributed by atoms with E-state index in [4.69, 9.17) is 5.73 Å². The van der Waals surface area contributed by atoms with Crippen molar-refractivity contribution in [1.29, 1.82) is 0 Å². The molecule has 1 amide bonds. The highest BCUT2D eigenvalue weighted by Gasteiger charge is 2.23. The van der Waals surface area contributed by atoms with Gasteiger partial charge in [-0.15, -0.1) is 11.3 Å². The number of nitrogens with zero attached hydrogens (tertiary/aromatic N) is 3. The predicted octanol–water partition coefficient (Wildman–Crippen LogP) is 2.64. The lowest BCUT2D eigenvalue weighted by atomic mass is 10.1. The highest BCUT2D eigenvalue weighted by molar-refractivity contribution is 7.21. The SMILES string of the molecule is Cc1nn(C)c2sc(C(=O)N(C)CCC(C)C)c(N)c12. The van der Waals surface area contributed by atoms with Crippen LogP contribution in [-0.4, -0.2) is 34.2 Å². The Morgan fingerprint density at radius 3 is 2.70 bits per heavy atom.